The summed E-state index contributed by atoms with van der Waals surface area (Å²) in [4.78, 5) is 15.7. The highest BCUT2D eigenvalue weighted by molar-refractivity contribution is 5.85. The summed E-state index contributed by atoms with van der Waals surface area (Å²) in [6.07, 6.45) is 7.40. The van der Waals surface area contributed by atoms with Crippen LogP contribution in [0, 0.1) is 24.2 Å². The largest absolute Gasteiger partial charge is 0.475 e. The third-order valence-electron chi connectivity index (χ3n) is 5.80. The Hall–Kier alpha value is -1.32. The van der Waals surface area contributed by atoms with Crippen LogP contribution >= 0.6 is 0 Å². The molecule has 4 aliphatic carbocycles. The number of oxazole rings is 1. The van der Waals surface area contributed by atoms with Gasteiger partial charge in [0, 0.05) is 5.41 Å². The maximum absolute atomic E-state index is 11.2. The Bertz CT molecular complexity index is 575. The summed E-state index contributed by atoms with van der Waals surface area (Å²) in [5.41, 5.74) is 0.945. The topological polar surface area (TPSA) is 63.3 Å². The first-order valence-corrected chi connectivity index (χ1v) is 7.60. The number of hydrogen-bond donors (Lipinski definition) is 1. The van der Waals surface area contributed by atoms with Gasteiger partial charge in [0.25, 0.3) is 0 Å². The zero-order valence-corrected chi connectivity index (χ0v) is 12.1. The Morgan fingerprint density at radius 3 is 2.45 bits per heavy atom. The van der Waals surface area contributed by atoms with Crippen molar-refractivity contribution in [3.05, 3.63) is 17.3 Å². The van der Waals surface area contributed by atoms with Crippen molar-refractivity contribution in [1.29, 1.82) is 0 Å². The lowest BCUT2D eigenvalue weighted by Crippen LogP contribution is -2.53. The predicted octanol–water partition coefficient (Wildman–Crippen LogP) is 3.54. The van der Waals surface area contributed by atoms with E-state index in [1.165, 1.54) is 19.3 Å². The Labute approximate surface area is 118 Å². The molecule has 1 aromatic rings. The Morgan fingerprint density at radius 1 is 1.30 bits per heavy atom. The van der Waals surface area contributed by atoms with Crippen LogP contribution in [0.25, 0.3) is 0 Å². The molecule has 4 saturated carbocycles. The van der Waals surface area contributed by atoms with E-state index in [0.717, 1.165) is 31.1 Å². The molecule has 4 heteroatoms. The van der Waals surface area contributed by atoms with Gasteiger partial charge in [-0.1, -0.05) is 6.92 Å². The number of carboxylic acid groups (broad SMARTS) is 1. The molecule has 0 aromatic carbocycles. The minimum atomic E-state index is -1.00. The van der Waals surface area contributed by atoms with Crippen LogP contribution in [-0.4, -0.2) is 16.1 Å². The first kappa shape index (κ1) is 12.4. The van der Waals surface area contributed by atoms with Crippen molar-refractivity contribution in [3.63, 3.8) is 0 Å². The molecule has 1 aromatic heterocycles. The molecular formula is C16H21NO3. The number of carbonyl (C=O) groups is 1. The number of aromatic carboxylic acids is 1. The summed E-state index contributed by atoms with van der Waals surface area (Å²) in [5, 5.41) is 9.18. The van der Waals surface area contributed by atoms with Gasteiger partial charge < -0.3 is 9.52 Å². The van der Waals surface area contributed by atoms with Crippen LogP contribution in [0.15, 0.2) is 4.42 Å². The molecule has 4 nitrogen and oxygen atoms in total. The molecule has 4 fully saturated rings. The highest BCUT2D eigenvalue weighted by Gasteiger charge is 2.58. The fraction of sp³-hybridized carbons (Fsp3) is 0.750. The predicted molar refractivity (Wildman–Crippen MR) is 72.7 cm³/mol. The normalized spacial score (nSPS) is 42.1. The van der Waals surface area contributed by atoms with Crippen LogP contribution in [0.5, 0.6) is 0 Å². The molecule has 1 heterocycles. The highest BCUT2D eigenvalue weighted by atomic mass is 16.4. The molecule has 4 aliphatic rings. The van der Waals surface area contributed by atoms with E-state index in [2.05, 4.69) is 11.9 Å². The molecule has 1 N–H and O–H groups in total. The minimum Gasteiger partial charge on any atom is -0.475 e. The molecule has 5 rings (SSSR count). The number of aromatic nitrogens is 1. The second-order valence-electron chi connectivity index (χ2n) is 7.79. The van der Waals surface area contributed by atoms with E-state index in [9.17, 15) is 9.90 Å². The number of rotatable bonds is 2. The summed E-state index contributed by atoms with van der Waals surface area (Å²) in [6.45, 7) is 4.13. The molecular weight excluding hydrogens is 254 g/mol. The molecule has 0 aliphatic heterocycles. The van der Waals surface area contributed by atoms with E-state index in [4.69, 9.17) is 4.42 Å². The molecule has 0 radical (unpaired) electrons. The van der Waals surface area contributed by atoms with E-state index in [1.807, 2.05) is 0 Å². The van der Waals surface area contributed by atoms with Crippen molar-refractivity contribution in [2.75, 3.05) is 0 Å². The second-order valence-corrected chi connectivity index (χ2v) is 7.79. The van der Waals surface area contributed by atoms with Gasteiger partial charge in [-0.05, 0) is 62.7 Å². The molecule has 108 valence electrons. The van der Waals surface area contributed by atoms with Crippen molar-refractivity contribution in [3.8, 4) is 0 Å². The van der Waals surface area contributed by atoms with Gasteiger partial charge >= 0.3 is 5.97 Å². The van der Waals surface area contributed by atoms with Crippen LogP contribution in [-0.2, 0) is 5.41 Å². The standard InChI is InChI=1S/C16H21NO3/c1-9-12(13(18)19)20-14(17-9)16-6-10-3-11(7-16)5-15(2,4-10)8-16/h10-11H,3-8H2,1-2H3,(H,18,19). The lowest BCUT2D eigenvalue weighted by Gasteiger charge is -2.60. The average Bonchev–Trinajstić information content (AvgIpc) is 2.68. The van der Waals surface area contributed by atoms with E-state index >= 15 is 0 Å². The number of hydrogen-bond acceptors (Lipinski definition) is 3. The van der Waals surface area contributed by atoms with Crippen LogP contribution in [0.3, 0.4) is 0 Å². The maximum Gasteiger partial charge on any atom is 0.373 e. The Kier molecular flexibility index (Phi) is 2.27. The van der Waals surface area contributed by atoms with E-state index in [-0.39, 0.29) is 11.2 Å². The first-order chi connectivity index (χ1) is 9.39. The van der Waals surface area contributed by atoms with Gasteiger partial charge in [0.05, 0.1) is 5.69 Å². The summed E-state index contributed by atoms with van der Waals surface area (Å²) in [6, 6.07) is 0. The zero-order valence-electron chi connectivity index (χ0n) is 12.1. The van der Waals surface area contributed by atoms with Crippen molar-refractivity contribution in [1.82, 2.24) is 4.98 Å². The van der Waals surface area contributed by atoms with Crippen molar-refractivity contribution >= 4 is 5.97 Å². The lowest BCUT2D eigenvalue weighted by atomic mass is 9.44. The quantitative estimate of drug-likeness (QED) is 0.896. The Balaban J connectivity index is 1.78. The lowest BCUT2D eigenvalue weighted by molar-refractivity contribution is -0.0711. The van der Waals surface area contributed by atoms with Gasteiger partial charge in [-0.25, -0.2) is 9.78 Å². The van der Waals surface area contributed by atoms with Gasteiger partial charge in [-0.3, -0.25) is 0 Å². The third kappa shape index (κ3) is 1.60. The van der Waals surface area contributed by atoms with E-state index in [1.54, 1.807) is 6.92 Å². The van der Waals surface area contributed by atoms with Crippen LogP contribution in [0.2, 0.25) is 0 Å². The monoisotopic (exact) mass is 275 g/mol. The first-order valence-electron chi connectivity index (χ1n) is 7.60. The van der Waals surface area contributed by atoms with Crippen LogP contribution in [0.4, 0.5) is 0 Å². The fourth-order valence-electron chi connectivity index (χ4n) is 5.79. The van der Waals surface area contributed by atoms with Crippen LogP contribution < -0.4 is 0 Å². The third-order valence-corrected chi connectivity index (χ3v) is 5.80. The van der Waals surface area contributed by atoms with Gasteiger partial charge in [0.1, 0.15) is 0 Å². The van der Waals surface area contributed by atoms with Crippen LogP contribution in [0.1, 0.15) is 67.6 Å². The number of carboxylic acids is 1. The molecule has 2 atom stereocenters. The molecule has 20 heavy (non-hydrogen) atoms. The summed E-state index contributed by atoms with van der Waals surface area (Å²) in [5.74, 6) is 1.29. The minimum absolute atomic E-state index is 0.0112. The highest BCUT2D eigenvalue weighted by Crippen LogP contribution is 2.65. The van der Waals surface area contributed by atoms with E-state index in [0.29, 0.717) is 17.0 Å². The Morgan fingerprint density at radius 2 is 1.95 bits per heavy atom. The number of aryl methyl sites for hydroxylation is 1. The van der Waals surface area contributed by atoms with Gasteiger partial charge in [0.15, 0.2) is 0 Å². The van der Waals surface area contributed by atoms with Gasteiger partial charge in [0.2, 0.25) is 11.7 Å². The summed E-state index contributed by atoms with van der Waals surface area (Å²) >= 11 is 0. The second kappa shape index (κ2) is 3.66. The number of nitrogens with zero attached hydrogens (tertiary/aromatic N) is 1. The molecule has 0 amide bonds. The maximum atomic E-state index is 11.2. The fourth-order valence-corrected chi connectivity index (χ4v) is 5.79. The molecule has 4 bridgehead atoms. The van der Waals surface area contributed by atoms with Gasteiger partial charge in [-0.2, -0.15) is 0 Å². The van der Waals surface area contributed by atoms with Gasteiger partial charge in [-0.15, -0.1) is 0 Å². The van der Waals surface area contributed by atoms with Crippen molar-refractivity contribution < 1.29 is 14.3 Å². The smallest absolute Gasteiger partial charge is 0.373 e. The molecule has 2 unspecified atom stereocenters. The summed E-state index contributed by atoms with van der Waals surface area (Å²) in [7, 11) is 0. The SMILES string of the molecule is Cc1nc(C23CC4CC(CC(C)(C4)C2)C3)oc1C(=O)O. The molecule has 0 saturated heterocycles. The zero-order chi connectivity index (χ0) is 14.1. The summed E-state index contributed by atoms with van der Waals surface area (Å²) < 4.78 is 5.70. The van der Waals surface area contributed by atoms with Crippen molar-refractivity contribution in [2.45, 2.75) is 57.8 Å². The van der Waals surface area contributed by atoms with E-state index < -0.39 is 5.97 Å². The average molecular weight is 275 g/mol. The van der Waals surface area contributed by atoms with Crippen molar-refractivity contribution in [2.24, 2.45) is 17.3 Å². The molecule has 0 spiro atoms.